The zero-order valence-corrected chi connectivity index (χ0v) is 13.6. The smallest absolute Gasteiger partial charge is 0.251 e. The molecule has 0 unspecified atom stereocenters. The summed E-state index contributed by atoms with van der Waals surface area (Å²) in [4.78, 5) is 30.0. The summed E-state index contributed by atoms with van der Waals surface area (Å²) in [6.45, 7) is 3.74. The van der Waals surface area contributed by atoms with E-state index in [4.69, 9.17) is 0 Å². The molecule has 24 heavy (non-hydrogen) atoms. The number of hydrogen-bond acceptors (Lipinski definition) is 4. The van der Waals surface area contributed by atoms with Gasteiger partial charge in [0.05, 0.1) is 17.1 Å². The minimum atomic E-state index is -1.66. The maximum Gasteiger partial charge on any atom is 0.251 e. The minimum Gasteiger partial charge on any atom is -0.323 e. The van der Waals surface area contributed by atoms with Crippen molar-refractivity contribution in [3.05, 3.63) is 51.7 Å². The van der Waals surface area contributed by atoms with Gasteiger partial charge in [-0.05, 0) is 18.1 Å². The van der Waals surface area contributed by atoms with E-state index < -0.39 is 29.0 Å². The molecule has 1 aromatic carbocycles. The lowest BCUT2D eigenvalue weighted by molar-refractivity contribution is -0.113. The minimum absolute atomic E-state index is 0.0387. The largest absolute Gasteiger partial charge is 0.323 e. The van der Waals surface area contributed by atoms with Gasteiger partial charge < -0.3 is 10.3 Å². The molecule has 2 rings (SSSR count). The van der Waals surface area contributed by atoms with Crippen LogP contribution in [0.25, 0.3) is 0 Å². The van der Waals surface area contributed by atoms with E-state index in [-0.39, 0.29) is 22.4 Å². The van der Waals surface area contributed by atoms with E-state index >= 15 is 0 Å². The number of carbonyl (C=O) groups is 1. The van der Waals surface area contributed by atoms with Crippen LogP contribution >= 0.6 is 11.8 Å². The Balaban J connectivity index is 2.04. The molecule has 1 amide bonds. The Kier molecular flexibility index (Phi) is 5.66. The molecular formula is C15H14F3N3O2S. The molecule has 2 aromatic rings. The van der Waals surface area contributed by atoms with Crippen LogP contribution in [0.2, 0.25) is 0 Å². The Bertz CT molecular complexity index is 824. The van der Waals surface area contributed by atoms with Crippen LogP contribution in [0.15, 0.2) is 28.2 Å². The van der Waals surface area contributed by atoms with Crippen molar-refractivity contribution in [1.29, 1.82) is 0 Å². The molecule has 1 heterocycles. The van der Waals surface area contributed by atoms with E-state index in [2.05, 4.69) is 15.3 Å². The Hall–Kier alpha value is -2.29. The van der Waals surface area contributed by atoms with Crippen LogP contribution in [0.3, 0.4) is 0 Å². The predicted octanol–water partition coefficient (Wildman–Crippen LogP) is 3.04. The zero-order valence-electron chi connectivity index (χ0n) is 12.8. The summed E-state index contributed by atoms with van der Waals surface area (Å²) in [5, 5.41) is 2.38. The number of carbonyl (C=O) groups excluding carboxylic acids is 1. The number of rotatable bonds is 5. The third-order valence-electron chi connectivity index (χ3n) is 2.98. The SMILES string of the molecule is CC(C)c1cc(=O)[nH]c(SCC(=O)Nc2ccc(F)c(F)c2F)n1. The van der Waals surface area contributed by atoms with E-state index in [1.807, 2.05) is 13.8 Å². The molecule has 0 saturated carbocycles. The van der Waals surface area contributed by atoms with Gasteiger partial charge in [0, 0.05) is 6.07 Å². The molecule has 1 aromatic heterocycles. The first-order valence-electron chi connectivity index (χ1n) is 6.95. The number of hydrogen-bond donors (Lipinski definition) is 2. The number of anilines is 1. The van der Waals surface area contributed by atoms with Crippen molar-refractivity contribution in [3.63, 3.8) is 0 Å². The van der Waals surface area contributed by atoms with Gasteiger partial charge in [-0.3, -0.25) is 9.59 Å². The quantitative estimate of drug-likeness (QED) is 0.490. The first-order chi connectivity index (χ1) is 11.3. The number of H-pyrrole nitrogens is 1. The third kappa shape index (κ3) is 4.38. The molecular weight excluding hydrogens is 343 g/mol. The number of nitrogens with zero attached hydrogens (tertiary/aromatic N) is 1. The maximum atomic E-state index is 13.5. The van der Waals surface area contributed by atoms with Crippen molar-refractivity contribution in [2.75, 3.05) is 11.1 Å². The summed E-state index contributed by atoms with van der Waals surface area (Å²) in [7, 11) is 0. The van der Waals surface area contributed by atoms with E-state index in [0.717, 1.165) is 17.8 Å². The summed E-state index contributed by atoms with van der Waals surface area (Å²) >= 11 is 0.938. The molecule has 0 atom stereocenters. The Morgan fingerprint density at radius 3 is 2.67 bits per heavy atom. The second-order valence-electron chi connectivity index (χ2n) is 5.19. The van der Waals surface area contributed by atoms with Crippen molar-refractivity contribution < 1.29 is 18.0 Å². The van der Waals surface area contributed by atoms with Gasteiger partial charge in [-0.1, -0.05) is 25.6 Å². The molecule has 2 N–H and O–H groups in total. The van der Waals surface area contributed by atoms with Crippen LogP contribution in [0, 0.1) is 17.5 Å². The molecule has 0 fully saturated rings. The van der Waals surface area contributed by atoms with E-state index in [1.165, 1.54) is 6.07 Å². The fourth-order valence-electron chi connectivity index (χ4n) is 1.76. The first kappa shape index (κ1) is 18.1. The van der Waals surface area contributed by atoms with Crippen LogP contribution < -0.4 is 10.9 Å². The van der Waals surface area contributed by atoms with Crippen LogP contribution in [0.1, 0.15) is 25.5 Å². The monoisotopic (exact) mass is 357 g/mol. The van der Waals surface area contributed by atoms with Gasteiger partial charge in [-0.15, -0.1) is 0 Å². The zero-order chi connectivity index (χ0) is 17.9. The average Bonchev–Trinajstić information content (AvgIpc) is 2.53. The summed E-state index contributed by atoms with van der Waals surface area (Å²) in [6, 6.07) is 3.01. The van der Waals surface area contributed by atoms with Gasteiger partial charge in [0.25, 0.3) is 5.56 Å². The first-order valence-corrected chi connectivity index (χ1v) is 7.94. The van der Waals surface area contributed by atoms with E-state index in [9.17, 15) is 22.8 Å². The van der Waals surface area contributed by atoms with Gasteiger partial charge in [0.1, 0.15) is 0 Å². The number of amides is 1. The summed E-state index contributed by atoms with van der Waals surface area (Å²) < 4.78 is 39.4. The lowest BCUT2D eigenvalue weighted by atomic mass is 10.1. The molecule has 0 spiro atoms. The summed E-state index contributed by atoms with van der Waals surface area (Å²) in [6.07, 6.45) is 0. The second kappa shape index (κ2) is 7.52. The number of nitrogens with one attached hydrogen (secondary N) is 2. The lowest BCUT2D eigenvalue weighted by Gasteiger charge is -2.08. The van der Waals surface area contributed by atoms with Crippen molar-refractivity contribution >= 4 is 23.4 Å². The number of aromatic nitrogens is 2. The summed E-state index contributed by atoms with van der Waals surface area (Å²) in [5.74, 6) is -5.27. The highest BCUT2D eigenvalue weighted by Crippen LogP contribution is 2.20. The van der Waals surface area contributed by atoms with Crippen LogP contribution in [-0.4, -0.2) is 21.6 Å². The predicted molar refractivity (Wildman–Crippen MR) is 84.6 cm³/mol. The highest BCUT2D eigenvalue weighted by atomic mass is 32.2. The second-order valence-corrected chi connectivity index (χ2v) is 6.15. The van der Waals surface area contributed by atoms with E-state index in [1.54, 1.807) is 0 Å². The lowest BCUT2D eigenvalue weighted by Crippen LogP contribution is -2.17. The van der Waals surface area contributed by atoms with Crippen LogP contribution in [0.4, 0.5) is 18.9 Å². The molecule has 0 aliphatic carbocycles. The number of thioether (sulfide) groups is 1. The number of aromatic amines is 1. The average molecular weight is 357 g/mol. The van der Waals surface area contributed by atoms with Gasteiger partial charge >= 0.3 is 0 Å². The number of halogens is 3. The van der Waals surface area contributed by atoms with Gasteiger partial charge in [-0.2, -0.15) is 0 Å². The highest BCUT2D eigenvalue weighted by molar-refractivity contribution is 7.99. The number of benzene rings is 1. The fraction of sp³-hybridized carbons (Fsp3) is 0.267. The van der Waals surface area contributed by atoms with Crippen molar-refractivity contribution in [1.82, 2.24) is 9.97 Å². The van der Waals surface area contributed by atoms with Crippen molar-refractivity contribution in [2.45, 2.75) is 24.9 Å². The standard InChI is InChI=1S/C15H14F3N3O2S/c1-7(2)10-5-11(22)21-15(20-10)24-6-12(23)19-9-4-3-8(16)13(17)14(9)18/h3-5,7H,6H2,1-2H3,(H,19,23)(H,20,21,22). The molecule has 128 valence electrons. The van der Waals surface area contributed by atoms with Crippen LogP contribution in [0.5, 0.6) is 0 Å². The van der Waals surface area contributed by atoms with Crippen molar-refractivity contribution in [2.24, 2.45) is 0 Å². The molecule has 0 aliphatic heterocycles. The third-order valence-corrected chi connectivity index (χ3v) is 3.85. The Morgan fingerprint density at radius 1 is 1.29 bits per heavy atom. The van der Waals surface area contributed by atoms with E-state index in [0.29, 0.717) is 11.8 Å². The van der Waals surface area contributed by atoms with Crippen LogP contribution in [-0.2, 0) is 4.79 Å². The van der Waals surface area contributed by atoms with Gasteiger partial charge in [-0.25, -0.2) is 18.2 Å². The Labute approximate surface area is 139 Å². The molecule has 9 heteroatoms. The molecule has 0 bridgehead atoms. The fourth-order valence-corrected chi connectivity index (χ4v) is 2.44. The summed E-state index contributed by atoms with van der Waals surface area (Å²) in [5.41, 5.74) is -0.228. The molecule has 5 nitrogen and oxygen atoms in total. The molecule has 0 saturated heterocycles. The molecule has 0 aliphatic rings. The topological polar surface area (TPSA) is 74.8 Å². The van der Waals surface area contributed by atoms with Gasteiger partial charge in [0.15, 0.2) is 22.6 Å². The van der Waals surface area contributed by atoms with Gasteiger partial charge in [0.2, 0.25) is 5.91 Å². The maximum absolute atomic E-state index is 13.5. The highest BCUT2D eigenvalue weighted by Gasteiger charge is 2.15. The Morgan fingerprint density at radius 2 is 2.00 bits per heavy atom. The van der Waals surface area contributed by atoms with Crippen molar-refractivity contribution in [3.8, 4) is 0 Å². The normalized spacial score (nSPS) is 10.9. The molecule has 0 radical (unpaired) electrons.